The maximum Gasteiger partial charge on any atom is 0.243 e. The van der Waals surface area contributed by atoms with Crippen molar-refractivity contribution in [3.8, 4) is 0 Å². The summed E-state index contributed by atoms with van der Waals surface area (Å²) in [5.41, 5.74) is 3.15. The zero-order valence-corrected chi connectivity index (χ0v) is 13.7. The molecule has 116 valence electrons. The minimum absolute atomic E-state index is 0.111. The van der Waals surface area contributed by atoms with E-state index in [2.05, 4.69) is 4.98 Å². The summed E-state index contributed by atoms with van der Waals surface area (Å²) in [6.07, 6.45) is 5.26. The predicted molar refractivity (Wildman–Crippen MR) is 86.0 cm³/mol. The maximum atomic E-state index is 12.9. The highest BCUT2D eigenvalue weighted by Crippen LogP contribution is 2.37. The summed E-state index contributed by atoms with van der Waals surface area (Å²) < 4.78 is 27.5. The van der Waals surface area contributed by atoms with Crippen LogP contribution in [0.5, 0.6) is 0 Å². The van der Waals surface area contributed by atoms with Crippen LogP contribution in [0.4, 0.5) is 0 Å². The Hall–Kier alpha value is -1.72. The molecule has 0 bridgehead atoms. The summed E-state index contributed by atoms with van der Waals surface area (Å²) in [4.78, 5) is 4.54. The van der Waals surface area contributed by atoms with Crippen LogP contribution in [-0.4, -0.2) is 24.3 Å². The average molecular weight is 316 g/mol. The first-order chi connectivity index (χ1) is 10.5. The average Bonchev–Trinajstić information content (AvgIpc) is 2.98. The zero-order valence-electron chi connectivity index (χ0n) is 12.9. The molecule has 1 atom stereocenters. The van der Waals surface area contributed by atoms with E-state index in [1.54, 1.807) is 28.8 Å². The summed E-state index contributed by atoms with van der Waals surface area (Å²) in [6.45, 7) is 4.52. The molecule has 3 rings (SSSR count). The maximum absolute atomic E-state index is 12.9. The molecule has 0 spiro atoms. The standard InChI is InChI=1S/C17H20N2O2S/c1-13-5-7-15(8-6-13)22(20,21)19-11-3-4-17(19)16-12-18-10-9-14(16)2/h5-10,12,17H,3-4,11H2,1-2H3. The fourth-order valence-corrected chi connectivity index (χ4v) is 4.68. The Kier molecular flexibility index (Phi) is 4.02. The number of pyridine rings is 1. The highest BCUT2D eigenvalue weighted by atomic mass is 32.2. The molecule has 1 saturated heterocycles. The van der Waals surface area contributed by atoms with Gasteiger partial charge in [-0.15, -0.1) is 0 Å². The molecule has 0 saturated carbocycles. The molecule has 2 heterocycles. The summed E-state index contributed by atoms with van der Waals surface area (Å²) >= 11 is 0. The van der Waals surface area contributed by atoms with Crippen LogP contribution in [0, 0.1) is 13.8 Å². The summed E-state index contributed by atoms with van der Waals surface area (Å²) in [6, 6.07) is 8.89. The molecule has 5 heteroatoms. The van der Waals surface area contributed by atoms with Crippen molar-refractivity contribution in [1.29, 1.82) is 0 Å². The van der Waals surface area contributed by atoms with Gasteiger partial charge in [-0.25, -0.2) is 8.42 Å². The van der Waals surface area contributed by atoms with E-state index in [-0.39, 0.29) is 6.04 Å². The fraction of sp³-hybridized carbons (Fsp3) is 0.353. The molecular weight excluding hydrogens is 296 g/mol. The molecule has 4 nitrogen and oxygen atoms in total. The van der Waals surface area contributed by atoms with Crippen molar-refractivity contribution in [2.45, 2.75) is 37.6 Å². The molecular formula is C17H20N2O2S. The van der Waals surface area contributed by atoms with Crippen LogP contribution >= 0.6 is 0 Å². The van der Waals surface area contributed by atoms with Gasteiger partial charge in [0.1, 0.15) is 0 Å². The van der Waals surface area contributed by atoms with Gasteiger partial charge in [0.2, 0.25) is 10.0 Å². The van der Waals surface area contributed by atoms with Gasteiger partial charge in [-0.1, -0.05) is 17.7 Å². The van der Waals surface area contributed by atoms with Crippen molar-refractivity contribution in [2.24, 2.45) is 0 Å². The number of aromatic nitrogens is 1. The predicted octanol–water partition coefficient (Wildman–Crippen LogP) is 3.22. The van der Waals surface area contributed by atoms with E-state index in [0.29, 0.717) is 11.4 Å². The minimum Gasteiger partial charge on any atom is -0.264 e. The van der Waals surface area contributed by atoms with E-state index in [4.69, 9.17) is 0 Å². The van der Waals surface area contributed by atoms with Gasteiger partial charge in [-0.05, 0) is 56.0 Å². The van der Waals surface area contributed by atoms with Crippen molar-refractivity contribution in [3.63, 3.8) is 0 Å². The van der Waals surface area contributed by atoms with Crippen molar-refractivity contribution >= 4 is 10.0 Å². The van der Waals surface area contributed by atoms with Gasteiger partial charge in [-0.3, -0.25) is 4.98 Å². The Morgan fingerprint density at radius 3 is 2.55 bits per heavy atom. The van der Waals surface area contributed by atoms with Gasteiger partial charge in [0.25, 0.3) is 0 Å². The third-order valence-electron chi connectivity index (χ3n) is 4.27. The molecule has 22 heavy (non-hydrogen) atoms. The second-order valence-corrected chi connectivity index (χ2v) is 7.71. The topological polar surface area (TPSA) is 50.3 Å². The number of aryl methyl sites for hydroxylation is 2. The lowest BCUT2D eigenvalue weighted by Crippen LogP contribution is -2.31. The minimum atomic E-state index is -3.46. The highest BCUT2D eigenvalue weighted by molar-refractivity contribution is 7.89. The lowest BCUT2D eigenvalue weighted by molar-refractivity contribution is 0.395. The summed E-state index contributed by atoms with van der Waals surface area (Å²) in [7, 11) is -3.46. The Morgan fingerprint density at radius 1 is 1.14 bits per heavy atom. The Labute approximate surface area is 131 Å². The monoisotopic (exact) mass is 316 g/mol. The number of nitrogens with zero attached hydrogens (tertiary/aromatic N) is 2. The van der Waals surface area contributed by atoms with E-state index in [9.17, 15) is 8.42 Å². The van der Waals surface area contributed by atoms with Gasteiger partial charge in [0.05, 0.1) is 10.9 Å². The van der Waals surface area contributed by atoms with E-state index in [0.717, 1.165) is 29.5 Å². The number of benzene rings is 1. The molecule has 1 aromatic heterocycles. The van der Waals surface area contributed by atoms with E-state index < -0.39 is 10.0 Å². The SMILES string of the molecule is Cc1ccc(S(=O)(=O)N2CCCC2c2cnccc2C)cc1. The van der Waals surface area contributed by atoms with Crippen LogP contribution in [0.15, 0.2) is 47.6 Å². The Bertz CT molecular complexity index is 770. The number of sulfonamides is 1. The quantitative estimate of drug-likeness (QED) is 0.873. The first-order valence-corrected chi connectivity index (χ1v) is 8.93. The lowest BCUT2D eigenvalue weighted by Gasteiger charge is -2.25. The van der Waals surface area contributed by atoms with Crippen LogP contribution in [0.3, 0.4) is 0 Å². The number of hydrogen-bond acceptors (Lipinski definition) is 3. The van der Waals surface area contributed by atoms with Crippen LogP contribution in [0.1, 0.15) is 35.6 Å². The first kappa shape index (κ1) is 15.2. The molecule has 0 radical (unpaired) electrons. The Balaban J connectivity index is 1.99. The fourth-order valence-electron chi connectivity index (χ4n) is 3.01. The molecule has 2 aromatic rings. The smallest absolute Gasteiger partial charge is 0.243 e. The molecule has 1 aliphatic rings. The number of hydrogen-bond donors (Lipinski definition) is 0. The van der Waals surface area contributed by atoms with Gasteiger partial charge in [0.15, 0.2) is 0 Å². The van der Waals surface area contributed by atoms with Crippen LogP contribution in [0.25, 0.3) is 0 Å². The zero-order chi connectivity index (χ0) is 15.7. The molecule has 1 aliphatic heterocycles. The number of rotatable bonds is 3. The molecule has 1 aromatic carbocycles. The van der Waals surface area contributed by atoms with Crippen LogP contribution < -0.4 is 0 Å². The van der Waals surface area contributed by atoms with Gasteiger partial charge in [0, 0.05) is 18.9 Å². The van der Waals surface area contributed by atoms with Crippen LogP contribution in [-0.2, 0) is 10.0 Å². The van der Waals surface area contributed by atoms with E-state index >= 15 is 0 Å². The van der Waals surface area contributed by atoms with Crippen molar-refractivity contribution in [2.75, 3.05) is 6.54 Å². The lowest BCUT2D eigenvalue weighted by atomic mass is 10.0. The molecule has 1 fully saturated rings. The van der Waals surface area contributed by atoms with E-state index in [1.807, 2.05) is 32.0 Å². The molecule has 0 amide bonds. The Morgan fingerprint density at radius 2 is 1.86 bits per heavy atom. The summed E-state index contributed by atoms with van der Waals surface area (Å²) in [5.74, 6) is 0. The second-order valence-electron chi connectivity index (χ2n) is 5.82. The largest absolute Gasteiger partial charge is 0.264 e. The van der Waals surface area contributed by atoms with Crippen molar-refractivity contribution in [1.82, 2.24) is 9.29 Å². The van der Waals surface area contributed by atoms with Crippen LogP contribution in [0.2, 0.25) is 0 Å². The molecule has 1 unspecified atom stereocenters. The normalized spacial score (nSPS) is 19.5. The van der Waals surface area contributed by atoms with Crippen molar-refractivity contribution < 1.29 is 8.42 Å². The third-order valence-corrected chi connectivity index (χ3v) is 6.19. The highest BCUT2D eigenvalue weighted by Gasteiger charge is 2.36. The van der Waals surface area contributed by atoms with Gasteiger partial charge >= 0.3 is 0 Å². The van der Waals surface area contributed by atoms with Crippen molar-refractivity contribution in [3.05, 3.63) is 59.4 Å². The molecule has 0 N–H and O–H groups in total. The first-order valence-electron chi connectivity index (χ1n) is 7.49. The van der Waals surface area contributed by atoms with E-state index in [1.165, 1.54) is 0 Å². The second kappa shape index (κ2) is 5.82. The van der Waals surface area contributed by atoms with Gasteiger partial charge < -0.3 is 0 Å². The molecule has 0 aliphatic carbocycles. The van der Waals surface area contributed by atoms with Gasteiger partial charge in [-0.2, -0.15) is 4.31 Å². The summed E-state index contributed by atoms with van der Waals surface area (Å²) in [5, 5.41) is 0. The third kappa shape index (κ3) is 2.66.